The minimum atomic E-state index is -4.57. The van der Waals surface area contributed by atoms with E-state index in [0.717, 1.165) is 17.9 Å². The van der Waals surface area contributed by atoms with Gasteiger partial charge in [0.05, 0.1) is 0 Å². The van der Waals surface area contributed by atoms with Crippen molar-refractivity contribution < 1.29 is 18.0 Å². The lowest BCUT2D eigenvalue weighted by Crippen LogP contribution is -2.24. The Morgan fingerprint density at radius 1 is 1.30 bits per heavy atom. The molecule has 1 fully saturated rings. The predicted octanol–water partition coefficient (Wildman–Crippen LogP) is 4.08. The summed E-state index contributed by atoms with van der Waals surface area (Å²) >= 11 is 3.17. The second-order valence-corrected chi connectivity index (χ2v) is 7.40. The van der Waals surface area contributed by atoms with Crippen LogP contribution in [-0.4, -0.2) is 27.4 Å². The lowest BCUT2D eigenvalue weighted by molar-refractivity contribution is -0.141. The molecule has 27 heavy (non-hydrogen) atoms. The fraction of sp³-hybridized carbons (Fsp3) is 0.278. The van der Waals surface area contributed by atoms with Crippen molar-refractivity contribution in [2.24, 2.45) is 5.92 Å². The number of halogens is 4. The molecule has 0 radical (unpaired) electrons. The Hall–Kier alpha value is -2.42. The normalized spacial score (nSPS) is 22.0. The Morgan fingerprint density at radius 2 is 2.04 bits per heavy atom. The number of hydrogen-bond donors (Lipinski definition) is 1. The van der Waals surface area contributed by atoms with Gasteiger partial charge in [-0.2, -0.15) is 22.8 Å². The molecular weight excluding hydrogens is 425 g/mol. The molecule has 3 aromatic rings. The van der Waals surface area contributed by atoms with Crippen molar-refractivity contribution in [1.82, 2.24) is 14.6 Å². The highest BCUT2D eigenvalue weighted by Gasteiger charge is 2.55. The van der Waals surface area contributed by atoms with Crippen LogP contribution in [0, 0.1) is 5.92 Å². The lowest BCUT2D eigenvalue weighted by atomic mass is 9.93. The van der Waals surface area contributed by atoms with E-state index < -0.39 is 17.3 Å². The van der Waals surface area contributed by atoms with Crippen molar-refractivity contribution in [2.45, 2.75) is 18.0 Å². The molecule has 0 amide bonds. The van der Waals surface area contributed by atoms with Crippen LogP contribution in [0.3, 0.4) is 0 Å². The van der Waals surface area contributed by atoms with Crippen molar-refractivity contribution in [3.8, 4) is 0 Å². The molecule has 1 N–H and O–H groups in total. The number of aromatic nitrogens is 3. The third-order valence-corrected chi connectivity index (χ3v) is 5.31. The van der Waals surface area contributed by atoms with Crippen molar-refractivity contribution in [3.63, 3.8) is 0 Å². The van der Waals surface area contributed by atoms with Crippen LogP contribution in [0.2, 0.25) is 0 Å². The minimum Gasteiger partial charge on any atom is -0.369 e. The van der Waals surface area contributed by atoms with Gasteiger partial charge in [-0.1, -0.05) is 30.3 Å². The number of benzene rings is 1. The summed E-state index contributed by atoms with van der Waals surface area (Å²) in [6.07, 6.45) is -3.02. The quantitative estimate of drug-likeness (QED) is 0.609. The largest absolute Gasteiger partial charge is 0.433 e. The van der Waals surface area contributed by atoms with Crippen LogP contribution in [-0.2, 0) is 16.4 Å². The number of rotatable bonds is 5. The van der Waals surface area contributed by atoms with E-state index in [9.17, 15) is 18.0 Å². The van der Waals surface area contributed by atoms with Crippen LogP contribution >= 0.6 is 15.9 Å². The standard InChI is InChI=1S/C18H14BrF3N4O/c19-14-7-16-24-13(18(20,21)22)6-15(26(16)25-14)23-10-17(8-12(17)9-27)11-4-2-1-3-5-11/h1-7,9,12,23H,8,10H2. The fourth-order valence-electron chi connectivity index (χ4n) is 3.39. The summed E-state index contributed by atoms with van der Waals surface area (Å²) in [5.74, 6) is 0.000974. The maximum Gasteiger partial charge on any atom is 0.433 e. The molecule has 0 bridgehead atoms. The highest BCUT2D eigenvalue weighted by molar-refractivity contribution is 9.10. The van der Waals surface area contributed by atoms with Gasteiger partial charge in [0.1, 0.15) is 16.7 Å². The van der Waals surface area contributed by atoms with E-state index in [0.29, 0.717) is 17.6 Å². The highest BCUT2D eigenvalue weighted by Crippen LogP contribution is 2.53. The van der Waals surface area contributed by atoms with E-state index in [4.69, 9.17) is 0 Å². The molecule has 2 atom stereocenters. The summed E-state index contributed by atoms with van der Waals surface area (Å²) in [7, 11) is 0. The van der Waals surface area contributed by atoms with Crippen molar-refractivity contribution in [3.05, 3.63) is 58.3 Å². The average molecular weight is 439 g/mol. The van der Waals surface area contributed by atoms with E-state index >= 15 is 0 Å². The second kappa shape index (κ2) is 6.33. The SMILES string of the molecule is O=CC1CC1(CNc1cc(C(F)(F)F)nc2cc(Br)nn12)c1ccccc1. The number of anilines is 1. The number of nitrogens with one attached hydrogen (secondary N) is 1. The molecule has 9 heteroatoms. The Morgan fingerprint density at radius 3 is 2.67 bits per heavy atom. The van der Waals surface area contributed by atoms with Gasteiger partial charge < -0.3 is 10.1 Å². The van der Waals surface area contributed by atoms with E-state index in [-0.39, 0.29) is 17.4 Å². The molecular formula is C18H14BrF3N4O. The molecule has 4 rings (SSSR count). The third kappa shape index (κ3) is 3.20. The van der Waals surface area contributed by atoms with E-state index in [1.54, 1.807) is 0 Å². The first-order chi connectivity index (χ1) is 12.8. The maximum absolute atomic E-state index is 13.2. The predicted molar refractivity (Wildman–Crippen MR) is 96.5 cm³/mol. The van der Waals surface area contributed by atoms with Gasteiger partial charge >= 0.3 is 6.18 Å². The zero-order chi connectivity index (χ0) is 19.2. The van der Waals surface area contributed by atoms with E-state index in [2.05, 4.69) is 31.3 Å². The number of carbonyl (C=O) groups excluding carboxylic acids is 1. The molecule has 0 spiro atoms. The summed E-state index contributed by atoms with van der Waals surface area (Å²) in [5.41, 5.74) is -0.365. The summed E-state index contributed by atoms with van der Waals surface area (Å²) in [4.78, 5) is 15.0. The molecule has 140 valence electrons. The molecule has 2 unspecified atom stereocenters. The van der Waals surface area contributed by atoms with Gasteiger partial charge in [0.2, 0.25) is 0 Å². The van der Waals surface area contributed by atoms with Gasteiger partial charge in [-0.05, 0) is 27.9 Å². The average Bonchev–Trinajstić information content (AvgIpc) is 3.24. The molecule has 1 saturated carbocycles. The van der Waals surface area contributed by atoms with Crippen molar-refractivity contribution in [1.29, 1.82) is 0 Å². The van der Waals surface area contributed by atoms with Crippen LogP contribution in [0.1, 0.15) is 17.7 Å². The smallest absolute Gasteiger partial charge is 0.369 e. The second-order valence-electron chi connectivity index (χ2n) is 6.58. The number of aldehydes is 1. The fourth-order valence-corrected chi connectivity index (χ4v) is 3.75. The summed E-state index contributed by atoms with van der Waals surface area (Å²) in [6, 6.07) is 11.9. The number of hydrogen-bond acceptors (Lipinski definition) is 4. The Bertz CT molecular complexity index is 1010. The van der Waals surface area contributed by atoms with Crippen molar-refractivity contribution >= 4 is 33.7 Å². The molecule has 2 aromatic heterocycles. The van der Waals surface area contributed by atoms with E-state index in [1.165, 1.54) is 10.6 Å². The molecule has 1 aliphatic carbocycles. The molecule has 2 heterocycles. The molecule has 5 nitrogen and oxygen atoms in total. The van der Waals surface area contributed by atoms with Gasteiger partial charge in [-0.15, -0.1) is 0 Å². The first-order valence-corrected chi connectivity index (χ1v) is 9.01. The summed E-state index contributed by atoms with van der Waals surface area (Å²) in [6.45, 7) is 0.314. The van der Waals surface area contributed by atoms with Crippen LogP contribution in [0.25, 0.3) is 5.65 Å². The third-order valence-electron chi connectivity index (χ3n) is 4.92. The van der Waals surface area contributed by atoms with Gasteiger partial charge in [-0.25, -0.2) is 4.98 Å². The van der Waals surface area contributed by atoms with E-state index in [1.807, 2.05) is 30.3 Å². The first-order valence-electron chi connectivity index (χ1n) is 8.22. The highest BCUT2D eigenvalue weighted by atomic mass is 79.9. The molecule has 1 aliphatic rings. The maximum atomic E-state index is 13.2. The number of alkyl halides is 3. The minimum absolute atomic E-state index is 0.0793. The topological polar surface area (TPSA) is 59.3 Å². The van der Waals surface area contributed by atoms with Gasteiger partial charge in [0.25, 0.3) is 0 Å². The van der Waals surface area contributed by atoms with Gasteiger partial charge in [-0.3, -0.25) is 0 Å². The number of carbonyl (C=O) groups is 1. The van der Waals surface area contributed by atoms with Crippen LogP contribution < -0.4 is 5.32 Å². The van der Waals surface area contributed by atoms with Crippen molar-refractivity contribution in [2.75, 3.05) is 11.9 Å². The Labute approximate surface area is 160 Å². The van der Waals surface area contributed by atoms with Crippen LogP contribution in [0.5, 0.6) is 0 Å². The number of fused-ring (bicyclic) bond motifs is 1. The van der Waals surface area contributed by atoms with Crippen LogP contribution in [0.4, 0.5) is 19.0 Å². The monoisotopic (exact) mass is 438 g/mol. The van der Waals surface area contributed by atoms with Gasteiger partial charge in [0, 0.05) is 30.0 Å². The Kier molecular flexibility index (Phi) is 4.21. The molecule has 0 aliphatic heterocycles. The number of nitrogens with zero attached hydrogens (tertiary/aromatic N) is 3. The van der Waals surface area contributed by atoms with Gasteiger partial charge in [0.15, 0.2) is 11.3 Å². The summed E-state index contributed by atoms with van der Waals surface area (Å²) in [5, 5.41) is 7.20. The summed E-state index contributed by atoms with van der Waals surface area (Å²) < 4.78 is 41.3. The Balaban J connectivity index is 1.70. The zero-order valence-corrected chi connectivity index (χ0v) is 15.5. The lowest BCUT2D eigenvalue weighted by Gasteiger charge is -2.19. The molecule has 1 aromatic carbocycles. The zero-order valence-electron chi connectivity index (χ0n) is 13.9. The van der Waals surface area contributed by atoms with Crippen LogP contribution in [0.15, 0.2) is 47.1 Å². The first kappa shape index (κ1) is 18.0. The molecule has 0 saturated heterocycles.